The van der Waals surface area contributed by atoms with Crippen LogP contribution in [0.4, 0.5) is 30.2 Å². The Balaban J connectivity index is 2.07. The predicted octanol–water partition coefficient (Wildman–Crippen LogP) is 5.26. The van der Waals surface area contributed by atoms with Gasteiger partial charge in [0.25, 0.3) is 0 Å². The van der Waals surface area contributed by atoms with Crippen molar-refractivity contribution in [3.05, 3.63) is 46.4 Å². The Morgan fingerprint density at radius 3 is 2.23 bits per heavy atom. The highest BCUT2D eigenvalue weighted by Gasteiger charge is 2.28. The monoisotopic (exact) mass is 350 g/mol. The van der Waals surface area contributed by atoms with Gasteiger partial charge in [0.1, 0.15) is 5.75 Å². The third-order valence-corrected chi connectivity index (χ3v) is 3.35. The topological polar surface area (TPSA) is 47.3 Å². The van der Waals surface area contributed by atoms with E-state index in [2.05, 4.69) is 10.1 Å². The summed E-state index contributed by atoms with van der Waals surface area (Å²) in [7, 11) is 0. The number of halogens is 5. The molecule has 0 bridgehead atoms. The minimum Gasteiger partial charge on any atom is -0.484 e. The predicted molar refractivity (Wildman–Crippen MR) is 82.1 cm³/mol. The SMILES string of the molecule is Nc1cc(Cl)c(Cl)cc1Nc1ccc(OCC(F)(F)F)cc1. The van der Waals surface area contributed by atoms with Crippen LogP contribution in [-0.2, 0) is 0 Å². The van der Waals surface area contributed by atoms with Crippen molar-refractivity contribution < 1.29 is 17.9 Å². The third kappa shape index (κ3) is 4.61. The summed E-state index contributed by atoms with van der Waals surface area (Å²) in [6, 6.07) is 9.03. The molecule has 0 spiro atoms. The van der Waals surface area contributed by atoms with Gasteiger partial charge >= 0.3 is 6.18 Å². The van der Waals surface area contributed by atoms with Crippen molar-refractivity contribution in [3.63, 3.8) is 0 Å². The molecule has 0 fully saturated rings. The van der Waals surface area contributed by atoms with Crippen molar-refractivity contribution >= 4 is 40.3 Å². The van der Waals surface area contributed by atoms with Gasteiger partial charge in [0.05, 0.1) is 21.4 Å². The van der Waals surface area contributed by atoms with Crippen LogP contribution in [-0.4, -0.2) is 12.8 Å². The van der Waals surface area contributed by atoms with Crippen LogP contribution in [0.5, 0.6) is 5.75 Å². The van der Waals surface area contributed by atoms with Gasteiger partial charge in [-0.15, -0.1) is 0 Å². The van der Waals surface area contributed by atoms with E-state index in [-0.39, 0.29) is 5.75 Å². The molecule has 0 saturated carbocycles. The second kappa shape index (κ2) is 6.54. The normalized spacial score (nSPS) is 11.3. The van der Waals surface area contributed by atoms with Gasteiger partial charge in [-0.1, -0.05) is 23.2 Å². The molecule has 8 heteroatoms. The Labute approximate surface area is 134 Å². The Bertz CT molecular complexity index is 660. The van der Waals surface area contributed by atoms with Gasteiger partial charge in [0, 0.05) is 5.69 Å². The standard InChI is InChI=1S/C14H11Cl2F3N2O/c15-10-5-12(20)13(6-11(10)16)21-8-1-3-9(4-2-8)22-7-14(17,18)19/h1-6,21H,7,20H2. The molecule has 2 aromatic rings. The van der Waals surface area contributed by atoms with Gasteiger partial charge in [-0.2, -0.15) is 13.2 Å². The summed E-state index contributed by atoms with van der Waals surface area (Å²) in [4.78, 5) is 0. The first-order valence-corrected chi connectivity index (χ1v) is 6.81. The summed E-state index contributed by atoms with van der Waals surface area (Å²) < 4.78 is 40.8. The molecule has 0 amide bonds. The van der Waals surface area contributed by atoms with E-state index in [4.69, 9.17) is 28.9 Å². The summed E-state index contributed by atoms with van der Waals surface area (Å²) in [5.41, 5.74) is 7.36. The molecule has 0 saturated heterocycles. The molecular weight excluding hydrogens is 340 g/mol. The van der Waals surface area contributed by atoms with Gasteiger partial charge in [-0.25, -0.2) is 0 Å². The smallest absolute Gasteiger partial charge is 0.422 e. The quantitative estimate of drug-likeness (QED) is 0.739. The number of hydrogen-bond donors (Lipinski definition) is 2. The number of benzene rings is 2. The number of hydrogen-bond acceptors (Lipinski definition) is 3. The fraction of sp³-hybridized carbons (Fsp3) is 0.143. The highest BCUT2D eigenvalue weighted by molar-refractivity contribution is 6.42. The molecule has 0 aliphatic heterocycles. The fourth-order valence-corrected chi connectivity index (χ4v) is 1.96. The van der Waals surface area contributed by atoms with Crippen LogP contribution in [0.2, 0.25) is 10.0 Å². The molecule has 0 aliphatic carbocycles. The van der Waals surface area contributed by atoms with E-state index in [1.54, 1.807) is 18.2 Å². The Morgan fingerprint density at radius 1 is 1.05 bits per heavy atom. The van der Waals surface area contributed by atoms with Crippen LogP contribution in [0.1, 0.15) is 0 Å². The van der Waals surface area contributed by atoms with E-state index in [1.807, 2.05) is 0 Å². The lowest BCUT2D eigenvalue weighted by Gasteiger charge is -2.12. The van der Waals surface area contributed by atoms with Crippen molar-refractivity contribution in [1.82, 2.24) is 0 Å². The van der Waals surface area contributed by atoms with E-state index in [9.17, 15) is 13.2 Å². The van der Waals surface area contributed by atoms with E-state index in [0.29, 0.717) is 27.1 Å². The second-order valence-corrected chi connectivity index (χ2v) is 5.22. The maximum atomic E-state index is 12.0. The number of nitrogen functional groups attached to an aromatic ring is 1. The molecule has 0 aliphatic rings. The van der Waals surface area contributed by atoms with E-state index >= 15 is 0 Å². The lowest BCUT2D eigenvalue weighted by molar-refractivity contribution is -0.153. The number of ether oxygens (including phenoxy) is 1. The molecule has 0 heterocycles. The fourth-order valence-electron chi connectivity index (χ4n) is 1.63. The zero-order valence-electron chi connectivity index (χ0n) is 11.0. The molecule has 0 unspecified atom stereocenters. The average Bonchev–Trinajstić information content (AvgIpc) is 2.43. The molecule has 0 atom stereocenters. The van der Waals surface area contributed by atoms with Crippen molar-refractivity contribution in [2.45, 2.75) is 6.18 Å². The first kappa shape index (κ1) is 16.6. The molecule has 0 aromatic heterocycles. The number of rotatable bonds is 4. The van der Waals surface area contributed by atoms with E-state index in [1.165, 1.54) is 18.2 Å². The van der Waals surface area contributed by atoms with E-state index < -0.39 is 12.8 Å². The number of nitrogens with two attached hydrogens (primary N) is 1. The first-order chi connectivity index (χ1) is 10.2. The van der Waals surface area contributed by atoms with Crippen LogP contribution in [0.3, 0.4) is 0 Å². The molecule has 2 rings (SSSR count). The van der Waals surface area contributed by atoms with Crippen LogP contribution in [0.15, 0.2) is 36.4 Å². The van der Waals surface area contributed by atoms with Crippen molar-refractivity contribution in [1.29, 1.82) is 0 Å². The third-order valence-electron chi connectivity index (χ3n) is 2.63. The minimum absolute atomic E-state index is 0.116. The van der Waals surface area contributed by atoms with Gasteiger partial charge in [0.15, 0.2) is 6.61 Å². The highest BCUT2D eigenvalue weighted by Crippen LogP contribution is 2.32. The number of nitrogens with one attached hydrogen (secondary N) is 1. The molecule has 3 N–H and O–H groups in total. The largest absolute Gasteiger partial charge is 0.484 e. The summed E-state index contributed by atoms with van der Waals surface area (Å²) in [6.07, 6.45) is -4.37. The van der Waals surface area contributed by atoms with Crippen LogP contribution < -0.4 is 15.8 Å². The Hall–Kier alpha value is -1.79. The number of anilines is 3. The van der Waals surface area contributed by atoms with Crippen molar-refractivity contribution in [3.8, 4) is 5.75 Å². The molecular formula is C14H11Cl2F3N2O. The van der Waals surface area contributed by atoms with Gasteiger partial charge < -0.3 is 15.8 Å². The van der Waals surface area contributed by atoms with Crippen LogP contribution in [0, 0.1) is 0 Å². The molecule has 2 aromatic carbocycles. The Morgan fingerprint density at radius 2 is 1.64 bits per heavy atom. The van der Waals surface area contributed by atoms with Crippen molar-refractivity contribution in [2.75, 3.05) is 17.7 Å². The lowest BCUT2D eigenvalue weighted by atomic mass is 10.2. The Kier molecular flexibility index (Phi) is 4.93. The summed E-state index contributed by atoms with van der Waals surface area (Å²) in [5, 5.41) is 3.66. The lowest BCUT2D eigenvalue weighted by Crippen LogP contribution is -2.19. The zero-order valence-corrected chi connectivity index (χ0v) is 12.6. The second-order valence-electron chi connectivity index (χ2n) is 4.41. The highest BCUT2D eigenvalue weighted by atomic mass is 35.5. The van der Waals surface area contributed by atoms with Crippen LogP contribution >= 0.6 is 23.2 Å². The summed E-state index contributed by atoms with van der Waals surface area (Å²) in [5.74, 6) is 0.116. The minimum atomic E-state index is -4.37. The zero-order chi connectivity index (χ0) is 16.3. The van der Waals surface area contributed by atoms with Gasteiger partial charge in [-0.05, 0) is 36.4 Å². The number of alkyl halides is 3. The van der Waals surface area contributed by atoms with Crippen LogP contribution in [0.25, 0.3) is 0 Å². The maximum Gasteiger partial charge on any atom is 0.422 e. The first-order valence-electron chi connectivity index (χ1n) is 6.06. The maximum absolute atomic E-state index is 12.0. The molecule has 0 radical (unpaired) electrons. The molecule has 22 heavy (non-hydrogen) atoms. The van der Waals surface area contributed by atoms with Gasteiger partial charge in [-0.3, -0.25) is 0 Å². The van der Waals surface area contributed by atoms with Gasteiger partial charge in [0.2, 0.25) is 0 Å². The van der Waals surface area contributed by atoms with E-state index in [0.717, 1.165) is 0 Å². The molecule has 118 valence electrons. The average molecular weight is 351 g/mol. The summed E-state index contributed by atoms with van der Waals surface area (Å²) >= 11 is 11.7. The van der Waals surface area contributed by atoms with Crippen molar-refractivity contribution in [2.24, 2.45) is 0 Å². The molecule has 3 nitrogen and oxygen atoms in total. The summed E-state index contributed by atoms with van der Waals surface area (Å²) in [6.45, 7) is -1.33.